The molecule has 1 aromatic heterocycles. The molecule has 0 bridgehead atoms. The minimum absolute atomic E-state index is 0.0248. The number of halogens is 2. The molecule has 0 aliphatic carbocycles. The third-order valence-electron chi connectivity index (χ3n) is 4.86. The van der Waals surface area contributed by atoms with E-state index in [9.17, 15) is 8.78 Å². The first-order valence-electron chi connectivity index (χ1n) is 11.2. The molecule has 30 heavy (non-hydrogen) atoms. The Bertz CT molecular complexity index is 726. The second-order valence-electron chi connectivity index (χ2n) is 7.54. The number of nitrogens with zero attached hydrogens (tertiary/aromatic N) is 2. The molecule has 0 spiro atoms. The van der Waals surface area contributed by atoms with Gasteiger partial charge in [-0.15, -0.1) is 0 Å². The van der Waals surface area contributed by atoms with Crippen LogP contribution in [0.5, 0.6) is 11.6 Å². The Labute approximate surface area is 179 Å². The van der Waals surface area contributed by atoms with E-state index in [-0.39, 0.29) is 12.5 Å². The van der Waals surface area contributed by atoms with Crippen molar-refractivity contribution in [3.8, 4) is 23.0 Å². The van der Waals surface area contributed by atoms with E-state index in [0.717, 1.165) is 50.3 Å². The first kappa shape index (κ1) is 24.0. The van der Waals surface area contributed by atoms with E-state index in [0.29, 0.717) is 24.6 Å². The van der Waals surface area contributed by atoms with E-state index in [4.69, 9.17) is 9.47 Å². The van der Waals surface area contributed by atoms with Crippen molar-refractivity contribution in [2.45, 2.75) is 77.8 Å². The molecule has 2 aromatic rings. The molecule has 1 heterocycles. The summed E-state index contributed by atoms with van der Waals surface area (Å²) in [6.45, 7) is 4.75. The molecule has 1 atom stereocenters. The highest BCUT2D eigenvalue weighted by atomic mass is 19.1. The summed E-state index contributed by atoms with van der Waals surface area (Å²) in [6.07, 6.45) is 9.17. The van der Waals surface area contributed by atoms with Crippen molar-refractivity contribution in [3.05, 3.63) is 36.3 Å². The zero-order valence-electron chi connectivity index (χ0n) is 18.2. The summed E-state index contributed by atoms with van der Waals surface area (Å²) < 4.78 is 38.8. The molecule has 0 amide bonds. The number of rotatable bonds is 15. The maximum atomic E-state index is 14.0. The molecule has 166 valence electrons. The highest BCUT2D eigenvalue weighted by Crippen LogP contribution is 2.23. The lowest BCUT2D eigenvalue weighted by Crippen LogP contribution is -2.12. The molecule has 2 rings (SSSR count). The van der Waals surface area contributed by atoms with Crippen LogP contribution in [0, 0.1) is 5.82 Å². The Hall–Kier alpha value is -2.24. The largest absolute Gasteiger partial charge is 0.491 e. The van der Waals surface area contributed by atoms with E-state index in [2.05, 4.69) is 23.8 Å². The Balaban J connectivity index is 1.86. The first-order chi connectivity index (χ1) is 14.6. The van der Waals surface area contributed by atoms with E-state index >= 15 is 0 Å². The van der Waals surface area contributed by atoms with Crippen LogP contribution in [0.4, 0.5) is 8.78 Å². The normalized spacial score (nSPS) is 12.0. The Morgan fingerprint density at radius 2 is 1.60 bits per heavy atom. The molecule has 0 fully saturated rings. The standard InChI is InChI=1S/C24H34F2N2O2/c1-3-5-7-8-10-16-29-24-22(26)17-27-23(28-24)19-12-14-21(15-13-19)30-18-20(25)11-9-6-4-2/h12-15,17,20H,3-11,16,18H2,1-2H3. The predicted molar refractivity (Wildman–Crippen MR) is 116 cm³/mol. The van der Waals surface area contributed by atoms with Crippen LogP contribution in [0.2, 0.25) is 0 Å². The smallest absolute Gasteiger partial charge is 0.254 e. The summed E-state index contributed by atoms with van der Waals surface area (Å²) in [7, 11) is 0. The summed E-state index contributed by atoms with van der Waals surface area (Å²) in [4.78, 5) is 8.27. The number of hydrogen-bond acceptors (Lipinski definition) is 4. The van der Waals surface area contributed by atoms with Gasteiger partial charge in [0, 0.05) is 5.56 Å². The number of unbranched alkanes of at least 4 members (excludes halogenated alkanes) is 6. The molecule has 4 nitrogen and oxygen atoms in total. The Morgan fingerprint density at radius 1 is 0.900 bits per heavy atom. The highest BCUT2D eigenvalue weighted by molar-refractivity contribution is 5.56. The number of benzene rings is 1. The second kappa shape index (κ2) is 13.9. The van der Waals surface area contributed by atoms with Gasteiger partial charge in [-0.05, 0) is 37.1 Å². The summed E-state index contributed by atoms with van der Waals surface area (Å²) in [5, 5.41) is 0. The number of hydrogen-bond donors (Lipinski definition) is 0. The van der Waals surface area contributed by atoms with Crippen LogP contribution < -0.4 is 9.47 Å². The van der Waals surface area contributed by atoms with Crippen molar-refractivity contribution in [2.75, 3.05) is 13.2 Å². The Kier molecular flexibility index (Phi) is 11.1. The highest BCUT2D eigenvalue weighted by Gasteiger charge is 2.11. The van der Waals surface area contributed by atoms with Crippen LogP contribution in [-0.2, 0) is 0 Å². The average molecular weight is 421 g/mol. The molecule has 0 aliphatic heterocycles. The van der Waals surface area contributed by atoms with Crippen LogP contribution in [0.25, 0.3) is 11.4 Å². The van der Waals surface area contributed by atoms with Crippen LogP contribution in [-0.4, -0.2) is 29.4 Å². The molecule has 6 heteroatoms. The van der Waals surface area contributed by atoms with Crippen LogP contribution in [0.15, 0.2) is 30.5 Å². The topological polar surface area (TPSA) is 44.2 Å². The minimum Gasteiger partial charge on any atom is -0.491 e. The maximum absolute atomic E-state index is 14.0. The molecular formula is C24H34F2N2O2. The fourth-order valence-electron chi connectivity index (χ4n) is 3.05. The van der Waals surface area contributed by atoms with Crippen molar-refractivity contribution in [2.24, 2.45) is 0 Å². The molecule has 0 saturated carbocycles. The fourth-order valence-corrected chi connectivity index (χ4v) is 3.05. The third kappa shape index (κ3) is 8.64. The molecule has 1 aromatic carbocycles. The van der Waals surface area contributed by atoms with Crippen LogP contribution in [0.1, 0.15) is 71.6 Å². The lowest BCUT2D eigenvalue weighted by atomic mass is 10.1. The Morgan fingerprint density at radius 3 is 2.33 bits per heavy atom. The predicted octanol–water partition coefficient (Wildman–Crippen LogP) is 6.93. The monoisotopic (exact) mass is 420 g/mol. The minimum atomic E-state index is -0.960. The van der Waals surface area contributed by atoms with Gasteiger partial charge in [-0.1, -0.05) is 58.8 Å². The van der Waals surface area contributed by atoms with Gasteiger partial charge in [0.25, 0.3) is 5.88 Å². The van der Waals surface area contributed by atoms with E-state index < -0.39 is 12.0 Å². The van der Waals surface area contributed by atoms with Crippen LogP contribution in [0.3, 0.4) is 0 Å². The van der Waals surface area contributed by atoms with E-state index in [1.165, 1.54) is 12.8 Å². The van der Waals surface area contributed by atoms with Gasteiger partial charge in [-0.2, -0.15) is 9.37 Å². The van der Waals surface area contributed by atoms with Crippen molar-refractivity contribution in [1.29, 1.82) is 0 Å². The number of ether oxygens (including phenoxy) is 2. The average Bonchev–Trinajstić information content (AvgIpc) is 2.76. The van der Waals surface area contributed by atoms with Gasteiger partial charge >= 0.3 is 0 Å². The van der Waals surface area contributed by atoms with Crippen molar-refractivity contribution < 1.29 is 18.3 Å². The zero-order valence-corrected chi connectivity index (χ0v) is 18.2. The second-order valence-corrected chi connectivity index (χ2v) is 7.54. The SMILES string of the molecule is CCCCCCCOc1nc(-c2ccc(OCC(F)CCCCC)cc2)ncc1F. The lowest BCUT2D eigenvalue weighted by molar-refractivity contribution is 0.184. The third-order valence-corrected chi connectivity index (χ3v) is 4.86. The first-order valence-corrected chi connectivity index (χ1v) is 11.2. The van der Waals surface area contributed by atoms with Gasteiger partial charge in [0.2, 0.25) is 5.82 Å². The van der Waals surface area contributed by atoms with Gasteiger partial charge in [-0.25, -0.2) is 9.37 Å². The molecule has 0 N–H and O–H groups in total. The molecule has 0 radical (unpaired) electrons. The summed E-state index contributed by atoms with van der Waals surface area (Å²) in [6, 6.07) is 7.05. The lowest BCUT2D eigenvalue weighted by Gasteiger charge is -2.11. The quantitative estimate of drug-likeness (QED) is 0.293. The zero-order chi connectivity index (χ0) is 21.6. The maximum Gasteiger partial charge on any atom is 0.254 e. The summed E-state index contributed by atoms with van der Waals surface area (Å²) >= 11 is 0. The summed E-state index contributed by atoms with van der Waals surface area (Å²) in [5.41, 5.74) is 0.717. The van der Waals surface area contributed by atoms with Gasteiger partial charge < -0.3 is 9.47 Å². The number of alkyl halides is 1. The van der Waals surface area contributed by atoms with Crippen LogP contribution >= 0.6 is 0 Å². The van der Waals surface area contributed by atoms with Gasteiger partial charge in [0.15, 0.2) is 5.82 Å². The van der Waals surface area contributed by atoms with Crippen molar-refractivity contribution in [1.82, 2.24) is 9.97 Å². The summed E-state index contributed by atoms with van der Waals surface area (Å²) in [5.74, 6) is 0.377. The van der Waals surface area contributed by atoms with Gasteiger partial charge in [0.1, 0.15) is 18.5 Å². The van der Waals surface area contributed by atoms with Crippen molar-refractivity contribution in [3.63, 3.8) is 0 Å². The van der Waals surface area contributed by atoms with E-state index in [1.54, 1.807) is 24.3 Å². The molecular weight excluding hydrogens is 386 g/mol. The molecule has 0 saturated heterocycles. The van der Waals surface area contributed by atoms with Gasteiger partial charge in [-0.3, -0.25) is 0 Å². The number of aromatic nitrogens is 2. The molecule has 1 unspecified atom stereocenters. The fraction of sp³-hybridized carbons (Fsp3) is 0.583. The van der Waals surface area contributed by atoms with E-state index in [1.807, 2.05) is 0 Å². The van der Waals surface area contributed by atoms with Gasteiger partial charge in [0.05, 0.1) is 12.8 Å². The molecule has 0 aliphatic rings. The van der Waals surface area contributed by atoms with Crippen molar-refractivity contribution >= 4 is 0 Å².